The molecule has 1 rings (SSSR count). The minimum absolute atomic E-state index is 0.261. The minimum Gasteiger partial charge on any atom is -0.478 e. The number of ether oxygens (including phenoxy) is 1. The van der Waals surface area contributed by atoms with Crippen LogP contribution in [0.1, 0.15) is 15.9 Å². The molecule has 5 nitrogen and oxygen atoms in total. The fourth-order valence-electron chi connectivity index (χ4n) is 1.19. The topological polar surface area (TPSA) is 70.6 Å². The maximum absolute atomic E-state index is 10.8. The van der Waals surface area contributed by atoms with Gasteiger partial charge in [0.1, 0.15) is 5.75 Å². The van der Waals surface area contributed by atoms with Gasteiger partial charge in [-0.3, -0.25) is 5.43 Å². The zero-order chi connectivity index (χ0) is 11.3. The van der Waals surface area contributed by atoms with Crippen molar-refractivity contribution in [1.29, 1.82) is 0 Å². The molecule has 0 saturated carbocycles. The fraction of sp³-hybridized carbons (Fsp3) is 0.300. The van der Waals surface area contributed by atoms with E-state index in [1.807, 2.05) is 0 Å². The second-order valence-corrected chi connectivity index (χ2v) is 2.95. The molecule has 0 fully saturated rings. The van der Waals surface area contributed by atoms with Crippen molar-refractivity contribution in [2.24, 2.45) is 0 Å². The molecule has 0 amide bonds. The second kappa shape index (κ2) is 5.33. The normalized spacial score (nSPS) is 10.0. The lowest BCUT2D eigenvalue weighted by Gasteiger charge is -2.10. The first-order chi connectivity index (χ1) is 7.16. The first kappa shape index (κ1) is 11.5. The lowest BCUT2D eigenvalue weighted by Crippen LogP contribution is -2.31. The number of hydrogen-bond acceptors (Lipinski definition) is 4. The Hall–Kier alpha value is -1.59. The van der Waals surface area contributed by atoms with Crippen LogP contribution < -0.4 is 15.6 Å². The highest BCUT2D eigenvalue weighted by Crippen LogP contribution is 2.20. The molecule has 1 aromatic rings. The quantitative estimate of drug-likeness (QED) is 0.380. The Morgan fingerprint density at radius 3 is 2.87 bits per heavy atom. The van der Waals surface area contributed by atoms with Crippen molar-refractivity contribution in [3.8, 4) is 5.75 Å². The van der Waals surface area contributed by atoms with Gasteiger partial charge in [0.2, 0.25) is 0 Å². The average molecular weight is 210 g/mol. The lowest BCUT2D eigenvalue weighted by atomic mass is 10.1. The highest BCUT2D eigenvalue weighted by atomic mass is 16.5. The highest BCUT2D eigenvalue weighted by Gasteiger charge is 2.10. The smallest absolute Gasteiger partial charge is 0.336 e. The van der Waals surface area contributed by atoms with Crippen molar-refractivity contribution in [3.05, 3.63) is 29.3 Å². The van der Waals surface area contributed by atoms with Gasteiger partial charge in [0.25, 0.3) is 0 Å². The number of carboxylic acid groups (broad SMARTS) is 1. The van der Waals surface area contributed by atoms with Gasteiger partial charge in [-0.15, -0.1) is 0 Å². The molecule has 0 aliphatic rings. The predicted molar refractivity (Wildman–Crippen MR) is 55.8 cm³/mol. The zero-order valence-electron chi connectivity index (χ0n) is 8.70. The van der Waals surface area contributed by atoms with Crippen molar-refractivity contribution >= 4 is 5.97 Å². The molecule has 15 heavy (non-hydrogen) atoms. The molecular formula is C10H14N2O3. The van der Waals surface area contributed by atoms with Crippen molar-refractivity contribution in [3.63, 3.8) is 0 Å². The molecule has 0 spiro atoms. The number of benzene rings is 1. The van der Waals surface area contributed by atoms with Crippen LogP contribution in [0.4, 0.5) is 0 Å². The summed E-state index contributed by atoms with van der Waals surface area (Å²) in [7, 11) is 1.73. The Bertz CT molecular complexity index is 353. The van der Waals surface area contributed by atoms with Crippen LogP contribution >= 0.6 is 0 Å². The Morgan fingerprint density at radius 2 is 2.27 bits per heavy atom. The monoisotopic (exact) mass is 210 g/mol. The van der Waals surface area contributed by atoms with Gasteiger partial charge in [-0.1, -0.05) is 6.07 Å². The Labute approximate surface area is 88.0 Å². The Kier molecular flexibility index (Phi) is 4.08. The number of nitrogens with one attached hydrogen (secondary N) is 2. The molecule has 1 aromatic carbocycles. The average Bonchev–Trinajstić information content (AvgIpc) is 2.20. The SMILES string of the molecule is CNNCOc1cccc(C(=O)O)c1C. The van der Waals surface area contributed by atoms with Gasteiger partial charge < -0.3 is 9.84 Å². The number of carbonyl (C=O) groups is 1. The van der Waals surface area contributed by atoms with E-state index in [9.17, 15) is 4.79 Å². The van der Waals surface area contributed by atoms with Crippen LogP contribution in [0.3, 0.4) is 0 Å². The molecular weight excluding hydrogens is 196 g/mol. The lowest BCUT2D eigenvalue weighted by molar-refractivity contribution is 0.0695. The summed E-state index contributed by atoms with van der Waals surface area (Å²) in [6, 6.07) is 4.94. The van der Waals surface area contributed by atoms with Gasteiger partial charge in [-0.2, -0.15) is 0 Å². The highest BCUT2D eigenvalue weighted by molar-refractivity contribution is 5.90. The van der Waals surface area contributed by atoms with E-state index in [2.05, 4.69) is 10.9 Å². The predicted octanol–water partition coefficient (Wildman–Crippen LogP) is 0.754. The van der Waals surface area contributed by atoms with Crippen LogP contribution in [0.5, 0.6) is 5.75 Å². The largest absolute Gasteiger partial charge is 0.478 e. The first-order valence-electron chi connectivity index (χ1n) is 4.52. The van der Waals surface area contributed by atoms with E-state index >= 15 is 0 Å². The summed E-state index contributed by atoms with van der Waals surface area (Å²) in [6.07, 6.45) is 0. The van der Waals surface area contributed by atoms with E-state index in [1.54, 1.807) is 32.2 Å². The van der Waals surface area contributed by atoms with E-state index < -0.39 is 5.97 Å². The minimum atomic E-state index is -0.945. The summed E-state index contributed by atoms with van der Waals surface area (Å²) in [5.74, 6) is -0.378. The third-order valence-corrected chi connectivity index (χ3v) is 1.99. The van der Waals surface area contributed by atoms with E-state index in [0.29, 0.717) is 11.3 Å². The molecule has 3 N–H and O–H groups in total. The fourth-order valence-corrected chi connectivity index (χ4v) is 1.19. The van der Waals surface area contributed by atoms with Crippen LogP contribution in [0.25, 0.3) is 0 Å². The van der Waals surface area contributed by atoms with Crippen molar-refractivity contribution < 1.29 is 14.6 Å². The third kappa shape index (κ3) is 2.93. The van der Waals surface area contributed by atoms with E-state index in [1.165, 1.54) is 0 Å². The summed E-state index contributed by atoms with van der Waals surface area (Å²) in [4.78, 5) is 10.8. The maximum Gasteiger partial charge on any atom is 0.336 e. The number of hydrazine groups is 1. The van der Waals surface area contributed by atoms with E-state index in [0.717, 1.165) is 0 Å². The molecule has 0 bridgehead atoms. The second-order valence-electron chi connectivity index (χ2n) is 2.95. The molecule has 0 heterocycles. The van der Waals surface area contributed by atoms with Crippen molar-refractivity contribution in [2.45, 2.75) is 6.92 Å². The van der Waals surface area contributed by atoms with Gasteiger partial charge in [0.15, 0.2) is 6.73 Å². The third-order valence-electron chi connectivity index (χ3n) is 1.99. The molecule has 0 aromatic heterocycles. The Morgan fingerprint density at radius 1 is 1.53 bits per heavy atom. The van der Waals surface area contributed by atoms with E-state index in [-0.39, 0.29) is 12.3 Å². The van der Waals surface area contributed by atoms with Crippen LogP contribution in [-0.2, 0) is 0 Å². The molecule has 0 unspecified atom stereocenters. The van der Waals surface area contributed by atoms with E-state index in [4.69, 9.17) is 9.84 Å². The summed E-state index contributed by atoms with van der Waals surface area (Å²) in [6.45, 7) is 2.00. The molecule has 0 aliphatic carbocycles. The van der Waals surface area contributed by atoms with Crippen LogP contribution in [0.2, 0.25) is 0 Å². The summed E-state index contributed by atoms with van der Waals surface area (Å²) in [5.41, 5.74) is 6.35. The van der Waals surface area contributed by atoms with Gasteiger partial charge in [-0.05, 0) is 26.1 Å². The maximum atomic E-state index is 10.8. The molecule has 0 aliphatic heterocycles. The van der Waals surface area contributed by atoms with Crippen LogP contribution in [0, 0.1) is 6.92 Å². The summed E-state index contributed by atoms with van der Waals surface area (Å²) in [5, 5.41) is 8.88. The van der Waals surface area contributed by atoms with Gasteiger partial charge in [0.05, 0.1) is 5.56 Å². The number of aromatic carboxylic acids is 1. The number of rotatable bonds is 5. The molecule has 0 radical (unpaired) electrons. The first-order valence-corrected chi connectivity index (χ1v) is 4.52. The Balaban J connectivity index is 2.80. The number of carboxylic acids is 1. The summed E-state index contributed by atoms with van der Waals surface area (Å²) < 4.78 is 5.33. The van der Waals surface area contributed by atoms with Crippen molar-refractivity contribution in [2.75, 3.05) is 13.8 Å². The van der Waals surface area contributed by atoms with Crippen LogP contribution in [0.15, 0.2) is 18.2 Å². The van der Waals surface area contributed by atoms with Gasteiger partial charge in [0, 0.05) is 5.56 Å². The summed E-state index contributed by atoms with van der Waals surface area (Å²) >= 11 is 0. The molecule has 0 saturated heterocycles. The van der Waals surface area contributed by atoms with Crippen LogP contribution in [-0.4, -0.2) is 24.9 Å². The van der Waals surface area contributed by atoms with Crippen molar-refractivity contribution in [1.82, 2.24) is 10.9 Å². The zero-order valence-corrected chi connectivity index (χ0v) is 8.70. The number of hydrogen-bond donors (Lipinski definition) is 3. The molecule has 0 atom stereocenters. The molecule has 5 heteroatoms. The van der Waals surface area contributed by atoms with Gasteiger partial charge in [-0.25, -0.2) is 10.2 Å². The standard InChI is InChI=1S/C10H14N2O3/c1-7-8(10(13)14)4-3-5-9(7)15-6-12-11-2/h3-5,11-12H,6H2,1-2H3,(H,13,14). The van der Waals surface area contributed by atoms with Gasteiger partial charge >= 0.3 is 5.97 Å². The molecule has 82 valence electrons.